The van der Waals surface area contributed by atoms with Crippen LogP contribution in [0.5, 0.6) is 0 Å². The summed E-state index contributed by atoms with van der Waals surface area (Å²) in [5.41, 5.74) is 2.25. The van der Waals surface area contributed by atoms with Crippen LogP contribution < -0.4 is 10.6 Å². The monoisotopic (exact) mass is 524 g/mol. The molecule has 4 rings (SSSR count). The fourth-order valence-corrected chi connectivity index (χ4v) is 4.74. The summed E-state index contributed by atoms with van der Waals surface area (Å²) in [5, 5.41) is 19.2. The highest BCUT2D eigenvalue weighted by molar-refractivity contribution is 8.00. The molecule has 1 aromatic heterocycles. The molecule has 0 aliphatic rings. The zero-order valence-corrected chi connectivity index (χ0v) is 20.3. The van der Waals surface area contributed by atoms with Crippen molar-refractivity contribution in [2.75, 3.05) is 16.4 Å². The molecule has 11 heteroatoms. The minimum absolute atomic E-state index is 0.0870. The normalized spacial score (nSPS) is 10.5. The van der Waals surface area contributed by atoms with Gasteiger partial charge in [-0.15, -0.1) is 23.1 Å². The summed E-state index contributed by atoms with van der Waals surface area (Å²) in [6.45, 7) is 0. The molecule has 3 aromatic carbocycles. The SMILES string of the molecule is O=C(CSc1cccc(NC(=O)c2ccc([N+](=O)[O-])cc2)c1)Nc1nc(-c2ccccc2Cl)cs1. The molecule has 0 atom stereocenters. The average Bonchev–Trinajstić information content (AvgIpc) is 3.31. The van der Waals surface area contributed by atoms with Crippen LogP contribution in [0.3, 0.4) is 0 Å². The minimum atomic E-state index is -0.523. The van der Waals surface area contributed by atoms with Crippen molar-refractivity contribution in [3.8, 4) is 11.3 Å². The van der Waals surface area contributed by atoms with Crippen molar-refractivity contribution in [1.29, 1.82) is 0 Å². The molecule has 2 amide bonds. The van der Waals surface area contributed by atoms with Gasteiger partial charge >= 0.3 is 0 Å². The number of amides is 2. The largest absolute Gasteiger partial charge is 0.322 e. The minimum Gasteiger partial charge on any atom is -0.322 e. The first-order valence-electron chi connectivity index (χ1n) is 10.2. The highest BCUT2D eigenvalue weighted by Gasteiger charge is 2.12. The van der Waals surface area contributed by atoms with Gasteiger partial charge in [0.15, 0.2) is 5.13 Å². The first-order chi connectivity index (χ1) is 16.9. The maximum absolute atomic E-state index is 12.4. The van der Waals surface area contributed by atoms with E-state index >= 15 is 0 Å². The molecule has 35 heavy (non-hydrogen) atoms. The van der Waals surface area contributed by atoms with Gasteiger partial charge in [-0.2, -0.15) is 0 Å². The summed E-state index contributed by atoms with van der Waals surface area (Å²) in [5.74, 6) is -0.450. The van der Waals surface area contributed by atoms with Crippen LogP contribution in [0.4, 0.5) is 16.5 Å². The molecule has 0 fully saturated rings. The number of halogens is 1. The van der Waals surface area contributed by atoms with Crippen LogP contribution in [0.25, 0.3) is 11.3 Å². The topological polar surface area (TPSA) is 114 Å². The highest BCUT2D eigenvalue weighted by Crippen LogP contribution is 2.30. The van der Waals surface area contributed by atoms with Gasteiger partial charge < -0.3 is 10.6 Å². The quantitative estimate of drug-likeness (QED) is 0.157. The van der Waals surface area contributed by atoms with Crippen molar-refractivity contribution in [3.05, 3.63) is 98.9 Å². The predicted molar refractivity (Wildman–Crippen MR) is 139 cm³/mol. The van der Waals surface area contributed by atoms with Crippen LogP contribution >= 0.6 is 34.7 Å². The molecule has 0 saturated carbocycles. The van der Waals surface area contributed by atoms with Crippen molar-refractivity contribution in [3.63, 3.8) is 0 Å². The van der Waals surface area contributed by atoms with Crippen LogP contribution in [-0.2, 0) is 4.79 Å². The van der Waals surface area contributed by atoms with E-state index in [4.69, 9.17) is 11.6 Å². The molecule has 0 radical (unpaired) electrons. The molecule has 176 valence electrons. The maximum Gasteiger partial charge on any atom is 0.269 e. The second kappa shape index (κ2) is 11.1. The first-order valence-corrected chi connectivity index (χ1v) is 12.4. The van der Waals surface area contributed by atoms with Gasteiger partial charge in [0.25, 0.3) is 11.6 Å². The van der Waals surface area contributed by atoms with E-state index in [1.165, 1.54) is 47.4 Å². The number of benzene rings is 3. The number of non-ortho nitro benzene ring substituents is 1. The summed E-state index contributed by atoms with van der Waals surface area (Å²) in [4.78, 5) is 40.3. The van der Waals surface area contributed by atoms with Crippen LogP contribution in [-0.4, -0.2) is 27.5 Å². The number of nitro groups is 1. The van der Waals surface area contributed by atoms with E-state index in [0.29, 0.717) is 27.1 Å². The molecular weight excluding hydrogens is 508 g/mol. The lowest BCUT2D eigenvalue weighted by molar-refractivity contribution is -0.384. The molecule has 4 aromatic rings. The van der Waals surface area contributed by atoms with Crippen molar-refractivity contribution in [2.24, 2.45) is 0 Å². The number of nitrogens with zero attached hydrogens (tertiary/aromatic N) is 2. The molecule has 0 bridgehead atoms. The van der Waals surface area contributed by atoms with E-state index in [9.17, 15) is 19.7 Å². The molecule has 0 aliphatic heterocycles. The van der Waals surface area contributed by atoms with Crippen LogP contribution in [0.2, 0.25) is 5.02 Å². The second-order valence-corrected chi connectivity index (χ2v) is 9.45. The van der Waals surface area contributed by atoms with Crippen LogP contribution in [0, 0.1) is 10.1 Å². The summed E-state index contributed by atoms with van der Waals surface area (Å²) < 4.78 is 0. The third kappa shape index (κ3) is 6.44. The molecule has 0 spiro atoms. The molecule has 2 N–H and O–H groups in total. The van der Waals surface area contributed by atoms with Gasteiger partial charge in [0.1, 0.15) is 0 Å². The van der Waals surface area contributed by atoms with Gasteiger partial charge in [0, 0.05) is 44.2 Å². The lowest BCUT2D eigenvalue weighted by Crippen LogP contribution is -2.14. The third-order valence-corrected chi connectivity index (χ3v) is 6.78. The Morgan fingerprint density at radius 3 is 2.54 bits per heavy atom. The first kappa shape index (κ1) is 24.4. The lowest BCUT2D eigenvalue weighted by Gasteiger charge is -2.08. The number of carbonyl (C=O) groups is 2. The maximum atomic E-state index is 12.4. The summed E-state index contributed by atoms with van der Waals surface area (Å²) in [6, 6.07) is 19.8. The Morgan fingerprint density at radius 2 is 1.80 bits per heavy atom. The molecule has 1 heterocycles. The van der Waals surface area contributed by atoms with E-state index in [-0.39, 0.29) is 17.3 Å². The van der Waals surface area contributed by atoms with Gasteiger partial charge in [0.2, 0.25) is 5.91 Å². The molecule has 8 nitrogen and oxygen atoms in total. The summed E-state index contributed by atoms with van der Waals surface area (Å²) >= 11 is 8.84. The van der Waals surface area contributed by atoms with Crippen LogP contribution in [0.1, 0.15) is 10.4 Å². The van der Waals surface area contributed by atoms with E-state index in [1.54, 1.807) is 24.3 Å². The second-order valence-electron chi connectivity index (χ2n) is 7.14. The predicted octanol–water partition coefficient (Wildman–Crippen LogP) is 6.35. The summed E-state index contributed by atoms with van der Waals surface area (Å²) in [6.07, 6.45) is 0. The van der Waals surface area contributed by atoms with Crippen molar-refractivity contribution in [2.45, 2.75) is 4.90 Å². The van der Waals surface area contributed by atoms with Crippen molar-refractivity contribution in [1.82, 2.24) is 4.98 Å². The Bertz CT molecular complexity index is 1390. The smallest absolute Gasteiger partial charge is 0.269 e. The third-order valence-electron chi connectivity index (χ3n) is 4.70. The zero-order valence-electron chi connectivity index (χ0n) is 17.9. The number of thioether (sulfide) groups is 1. The van der Waals surface area contributed by atoms with Gasteiger partial charge in [0.05, 0.1) is 16.4 Å². The summed E-state index contributed by atoms with van der Waals surface area (Å²) in [7, 11) is 0. The highest BCUT2D eigenvalue weighted by atomic mass is 35.5. The van der Waals surface area contributed by atoms with Crippen molar-refractivity contribution < 1.29 is 14.5 Å². The molecule has 0 unspecified atom stereocenters. The Hall–Kier alpha value is -3.73. The van der Waals surface area contributed by atoms with E-state index in [2.05, 4.69) is 15.6 Å². The van der Waals surface area contributed by atoms with Crippen LogP contribution in [0.15, 0.2) is 83.1 Å². The number of aromatic nitrogens is 1. The number of thiazole rings is 1. The van der Waals surface area contributed by atoms with E-state index in [0.717, 1.165) is 10.5 Å². The zero-order chi connectivity index (χ0) is 24.8. The number of nitrogens with one attached hydrogen (secondary N) is 2. The number of rotatable bonds is 8. The Morgan fingerprint density at radius 1 is 1.03 bits per heavy atom. The van der Waals surface area contributed by atoms with E-state index < -0.39 is 10.8 Å². The Kier molecular flexibility index (Phi) is 7.76. The van der Waals surface area contributed by atoms with Crippen molar-refractivity contribution >= 4 is 63.0 Å². The van der Waals surface area contributed by atoms with Gasteiger partial charge in [-0.25, -0.2) is 4.98 Å². The fourth-order valence-electron chi connectivity index (χ4n) is 3.03. The Labute approximate surface area is 213 Å². The standard InChI is InChI=1S/C24H17ClN4O4S2/c25-20-7-2-1-6-19(20)21-13-35-24(27-21)28-22(30)14-34-18-5-3-4-16(12-18)26-23(31)15-8-10-17(11-9-15)29(32)33/h1-13H,14H2,(H,26,31)(H,27,28,30). The van der Waals surface area contributed by atoms with Gasteiger partial charge in [-0.3, -0.25) is 19.7 Å². The molecule has 0 aliphatic carbocycles. The average molecular weight is 525 g/mol. The number of carbonyl (C=O) groups excluding carboxylic acids is 2. The van der Waals surface area contributed by atoms with E-state index in [1.807, 2.05) is 29.6 Å². The van der Waals surface area contributed by atoms with Gasteiger partial charge in [-0.05, 0) is 36.4 Å². The molecule has 0 saturated heterocycles. The lowest BCUT2D eigenvalue weighted by atomic mass is 10.2. The Balaban J connectivity index is 1.32. The number of anilines is 2. The number of hydrogen-bond donors (Lipinski definition) is 2. The number of nitro benzene ring substituents is 1. The van der Waals surface area contributed by atoms with Gasteiger partial charge in [-0.1, -0.05) is 35.9 Å². The number of hydrogen-bond acceptors (Lipinski definition) is 7. The molecular formula is C24H17ClN4O4S2. The fraction of sp³-hybridized carbons (Fsp3) is 0.0417.